The zero-order chi connectivity index (χ0) is 11.6. The Bertz CT molecular complexity index is 421. The molecule has 0 bridgehead atoms. The molecule has 0 amide bonds. The Balaban J connectivity index is 2.31. The number of ether oxygens (including phenoxy) is 1. The molecule has 1 atom stereocenters. The van der Waals surface area contributed by atoms with E-state index in [4.69, 9.17) is 16.2 Å². The van der Waals surface area contributed by atoms with Crippen LogP contribution >= 0.6 is 0 Å². The van der Waals surface area contributed by atoms with Crippen molar-refractivity contribution in [2.45, 2.75) is 11.6 Å². The molecular formula is C13H16N2O. The summed E-state index contributed by atoms with van der Waals surface area (Å²) in [6.07, 6.45) is 5.73. The Morgan fingerprint density at radius 2 is 1.88 bits per heavy atom. The monoisotopic (exact) mass is 216 g/mol. The highest BCUT2D eigenvalue weighted by atomic mass is 16.5. The third-order valence-corrected chi connectivity index (χ3v) is 2.74. The Morgan fingerprint density at radius 1 is 1.19 bits per heavy atom. The normalized spacial score (nSPS) is 22.7. The smallest absolute Gasteiger partial charge is 0.142 e. The van der Waals surface area contributed by atoms with E-state index >= 15 is 0 Å². The molecule has 2 rings (SSSR count). The van der Waals surface area contributed by atoms with Gasteiger partial charge in [0.1, 0.15) is 11.4 Å². The van der Waals surface area contributed by atoms with E-state index in [2.05, 4.69) is 12.1 Å². The summed E-state index contributed by atoms with van der Waals surface area (Å²) in [6.45, 7) is 0. The Hall–Kier alpha value is -1.58. The number of methoxy groups -OCH3 is 1. The van der Waals surface area contributed by atoms with Gasteiger partial charge in [-0.3, -0.25) is 0 Å². The first-order chi connectivity index (χ1) is 7.63. The summed E-state index contributed by atoms with van der Waals surface area (Å²) in [7, 11) is 1.58. The van der Waals surface area contributed by atoms with Gasteiger partial charge in [0.05, 0.1) is 7.11 Å². The van der Waals surface area contributed by atoms with Crippen LogP contribution in [0.1, 0.15) is 11.5 Å². The minimum absolute atomic E-state index is 0.177. The van der Waals surface area contributed by atoms with Crippen LogP contribution in [0.3, 0.4) is 0 Å². The van der Waals surface area contributed by atoms with Gasteiger partial charge < -0.3 is 16.2 Å². The molecule has 0 radical (unpaired) electrons. The number of nitrogens with two attached hydrogens (primary N) is 2. The predicted octanol–water partition coefficient (Wildman–Crippen LogP) is 1.48. The van der Waals surface area contributed by atoms with Gasteiger partial charge in [-0.25, -0.2) is 0 Å². The summed E-state index contributed by atoms with van der Waals surface area (Å²) < 4.78 is 5.22. The topological polar surface area (TPSA) is 61.3 Å². The van der Waals surface area contributed by atoms with Gasteiger partial charge in [0.2, 0.25) is 0 Å². The van der Waals surface area contributed by atoms with E-state index in [0.29, 0.717) is 5.76 Å². The second-order valence-electron chi connectivity index (χ2n) is 3.96. The van der Waals surface area contributed by atoms with Gasteiger partial charge in [-0.2, -0.15) is 0 Å². The summed E-state index contributed by atoms with van der Waals surface area (Å²) in [6, 6.07) is 10.2. The van der Waals surface area contributed by atoms with E-state index in [1.807, 2.05) is 30.4 Å². The highest BCUT2D eigenvalue weighted by Gasteiger charge is 2.27. The third kappa shape index (κ3) is 2.01. The van der Waals surface area contributed by atoms with Crippen LogP contribution in [0.5, 0.6) is 0 Å². The van der Waals surface area contributed by atoms with Gasteiger partial charge in [0.15, 0.2) is 0 Å². The maximum absolute atomic E-state index is 5.87. The highest BCUT2D eigenvalue weighted by Crippen LogP contribution is 2.28. The number of allylic oxidation sites excluding steroid dienone is 2. The number of benzene rings is 1. The van der Waals surface area contributed by atoms with Crippen LogP contribution in [0.4, 0.5) is 0 Å². The van der Waals surface area contributed by atoms with E-state index in [9.17, 15) is 0 Å². The lowest BCUT2D eigenvalue weighted by Crippen LogP contribution is -2.50. The van der Waals surface area contributed by atoms with Gasteiger partial charge in [0.25, 0.3) is 0 Å². The van der Waals surface area contributed by atoms with Gasteiger partial charge in [-0.05, 0) is 17.7 Å². The van der Waals surface area contributed by atoms with Crippen LogP contribution in [0, 0.1) is 0 Å². The molecule has 1 aromatic rings. The van der Waals surface area contributed by atoms with E-state index in [1.165, 1.54) is 5.56 Å². The number of hydrogen-bond donors (Lipinski definition) is 2. The zero-order valence-corrected chi connectivity index (χ0v) is 9.26. The molecule has 16 heavy (non-hydrogen) atoms. The quantitative estimate of drug-likeness (QED) is 0.581. The fourth-order valence-electron chi connectivity index (χ4n) is 1.84. The Morgan fingerprint density at radius 3 is 2.50 bits per heavy atom. The molecule has 3 heteroatoms. The van der Waals surface area contributed by atoms with Crippen molar-refractivity contribution in [2.24, 2.45) is 11.5 Å². The fraction of sp³-hybridized carbons (Fsp3) is 0.231. The molecule has 0 saturated carbocycles. The van der Waals surface area contributed by atoms with Crippen LogP contribution in [0.2, 0.25) is 0 Å². The van der Waals surface area contributed by atoms with Crippen LogP contribution in [-0.4, -0.2) is 12.8 Å². The standard InChI is InChI=1S/C13H16N2O/c1-16-12-9-11(7-8-13(12,14)15)10-5-3-2-4-6-10/h2-9,11H,14-15H2,1H3. The van der Waals surface area contributed by atoms with E-state index in [-0.39, 0.29) is 5.92 Å². The molecule has 3 nitrogen and oxygen atoms in total. The van der Waals surface area contributed by atoms with Gasteiger partial charge >= 0.3 is 0 Å². The molecule has 0 saturated heterocycles. The molecule has 0 aliphatic heterocycles. The molecule has 0 aromatic heterocycles. The van der Waals surface area contributed by atoms with Crippen molar-refractivity contribution >= 4 is 0 Å². The first kappa shape index (κ1) is 10.9. The number of rotatable bonds is 2. The fourth-order valence-corrected chi connectivity index (χ4v) is 1.84. The zero-order valence-electron chi connectivity index (χ0n) is 9.26. The van der Waals surface area contributed by atoms with Gasteiger partial charge in [-0.1, -0.05) is 36.4 Å². The van der Waals surface area contributed by atoms with Crippen LogP contribution in [0.25, 0.3) is 0 Å². The molecular weight excluding hydrogens is 200 g/mol. The summed E-state index contributed by atoms with van der Waals surface area (Å²) in [5.74, 6) is 0.778. The Kier molecular flexibility index (Phi) is 2.81. The number of hydrogen-bond acceptors (Lipinski definition) is 3. The molecule has 1 unspecified atom stereocenters. The largest absolute Gasteiger partial charge is 0.498 e. The molecule has 1 aromatic carbocycles. The van der Waals surface area contributed by atoms with Crippen molar-refractivity contribution in [1.29, 1.82) is 0 Å². The van der Waals surface area contributed by atoms with Crippen molar-refractivity contribution in [2.75, 3.05) is 7.11 Å². The minimum Gasteiger partial charge on any atom is -0.498 e. The Labute approximate surface area is 95.4 Å². The third-order valence-electron chi connectivity index (χ3n) is 2.74. The lowest BCUT2D eigenvalue weighted by atomic mass is 9.90. The second-order valence-corrected chi connectivity index (χ2v) is 3.96. The molecule has 0 fully saturated rings. The lowest BCUT2D eigenvalue weighted by molar-refractivity contribution is 0.238. The summed E-state index contributed by atoms with van der Waals surface area (Å²) >= 11 is 0. The summed E-state index contributed by atoms with van der Waals surface area (Å²) in [5.41, 5.74) is 12.0. The summed E-state index contributed by atoms with van der Waals surface area (Å²) in [4.78, 5) is 0. The van der Waals surface area contributed by atoms with Crippen LogP contribution < -0.4 is 11.5 Å². The van der Waals surface area contributed by atoms with Crippen molar-refractivity contribution in [3.8, 4) is 0 Å². The van der Waals surface area contributed by atoms with E-state index < -0.39 is 5.66 Å². The second kappa shape index (κ2) is 4.12. The molecule has 1 aliphatic rings. The van der Waals surface area contributed by atoms with E-state index in [1.54, 1.807) is 13.2 Å². The SMILES string of the molecule is COC1=CC(c2ccccc2)C=CC1(N)N. The maximum Gasteiger partial charge on any atom is 0.142 e. The van der Waals surface area contributed by atoms with Crippen molar-refractivity contribution < 1.29 is 4.74 Å². The van der Waals surface area contributed by atoms with Crippen molar-refractivity contribution in [3.63, 3.8) is 0 Å². The van der Waals surface area contributed by atoms with Gasteiger partial charge in [0, 0.05) is 5.92 Å². The predicted molar refractivity (Wildman–Crippen MR) is 64.5 cm³/mol. The molecule has 0 heterocycles. The highest BCUT2D eigenvalue weighted by molar-refractivity contribution is 5.37. The first-order valence-corrected chi connectivity index (χ1v) is 5.22. The average molecular weight is 216 g/mol. The molecule has 4 N–H and O–H groups in total. The van der Waals surface area contributed by atoms with Crippen LogP contribution in [0.15, 0.2) is 54.3 Å². The first-order valence-electron chi connectivity index (χ1n) is 5.22. The van der Waals surface area contributed by atoms with Crippen LogP contribution in [-0.2, 0) is 4.74 Å². The average Bonchev–Trinajstić information content (AvgIpc) is 2.30. The maximum atomic E-state index is 5.87. The minimum atomic E-state index is -0.986. The van der Waals surface area contributed by atoms with Crippen molar-refractivity contribution in [3.05, 3.63) is 59.9 Å². The molecule has 1 aliphatic carbocycles. The molecule has 0 spiro atoms. The molecule has 84 valence electrons. The van der Waals surface area contributed by atoms with E-state index in [0.717, 1.165) is 0 Å². The lowest BCUT2D eigenvalue weighted by Gasteiger charge is -2.28. The van der Waals surface area contributed by atoms with Gasteiger partial charge in [-0.15, -0.1) is 0 Å². The summed E-state index contributed by atoms with van der Waals surface area (Å²) in [5, 5.41) is 0. The van der Waals surface area contributed by atoms with Crippen molar-refractivity contribution in [1.82, 2.24) is 0 Å².